The van der Waals surface area contributed by atoms with Crippen molar-refractivity contribution in [2.45, 2.75) is 39.2 Å². The summed E-state index contributed by atoms with van der Waals surface area (Å²) in [7, 11) is 2.08. The molecule has 3 rings (SSSR count). The van der Waals surface area contributed by atoms with Crippen molar-refractivity contribution in [2.75, 3.05) is 13.1 Å². The predicted molar refractivity (Wildman–Crippen MR) is 83.0 cm³/mol. The van der Waals surface area contributed by atoms with Gasteiger partial charge in [0.05, 0.1) is 6.54 Å². The van der Waals surface area contributed by atoms with E-state index in [0.29, 0.717) is 5.92 Å². The fourth-order valence-electron chi connectivity index (χ4n) is 3.23. The molecule has 0 aliphatic carbocycles. The van der Waals surface area contributed by atoms with Gasteiger partial charge < -0.3 is 8.98 Å². The standard InChI is InChI=1S/C17H25N3O/c1-3-15-6-7-16(21-15)13-20-9-4-5-14(12-20)11-17-18-8-10-19(17)2/h6-8,10,14H,3-5,9,11-13H2,1-2H3/t14-/m1/s1. The number of aryl methyl sites for hydroxylation is 2. The number of hydrogen-bond donors (Lipinski definition) is 0. The van der Waals surface area contributed by atoms with E-state index in [4.69, 9.17) is 4.42 Å². The molecule has 4 heteroatoms. The number of nitrogens with zero attached hydrogens (tertiary/aromatic N) is 3. The molecule has 21 heavy (non-hydrogen) atoms. The Morgan fingerprint density at radius 3 is 2.90 bits per heavy atom. The number of piperidine rings is 1. The van der Waals surface area contributed by atoms with Gasteiger partial charge >= 0.3 is 0 Å². The summed E-state index contributed by atoms with van der Waals surface area (Å²) in [6, 6.07) is 4.23. The third kappa shape index (κ3) is 3.56. The van der Waals surface area contributed by atoms with Crippen LogP contribution >= 0.6 is 0 Å². The zero-order valence-electron chi connectivity index (χ0n) is 13.1. The average molecular weight is 287 g/mol. The highest BCUT2D eigenvalue weighted by Crippen LogP contribution is 2.22. The molecule has 3 heterocycles. The number of hydrogen-bond acceptors (Lipinski definition) is 3. The van der Waals surface area contributed by atoms with E-state index in [1.54, 1.807) is 0 Å². The summed E-state index contributed by atoms with van der Waals surface area (Å²) >= 11 is 0. The molecule has 0 unspecified atom stereocenters. The van der Waals surface area contributed by atoms with E-state index >= 15 is 0 Å². The summed E-state index contributed by atoms with van der Waals surface area (Å²) < 4.78 is 7.98. The first-order valence-corrected chi connectivity index (χ1v) is 8.00. The molecule has 1 aliphatic heterocycles. The van der Waals surface area contributed by atoms with E-state index in [2.05, 4.69) is 40.6 Å². The molecule has 0 spiro atoms. The van der Waals surface area contributed by atoms with Gasteiger partial charge in [-0.2, -0.15) is 0 Å². The van der Waals surface area contributed by atoms with E-state index in [-0.39, 0.29) is 0 Å². The Labute approximate surface area is 126 Å². The Bertz CT molecular complexity index is 572. The molecular weight excluding hydrogens is 262 g/mol. The lowest BCUT2D eigenvalue weighted by atomic mass is 9.94. The molecule has 4 nitrogen and oxygen atoms in total. The van der Waals surface area contributed by atoms with Gasteiger partial charge in [-0.3, -0.25) is 4.90 Å². The normalized spacial score (nSPS) is 20.0. The Hall–Kier alpha value is -1.55. The van der Waals surface area contributed by atoms with Crippen molar-refractivity contribution in [1.82, 2.24) is 14.5 Å². The van der Waals surface area contributed by atoms with E-state index in [1.165, 1.54) is 25.2 Å². The van der Waals surface area contributed by atoms with E-state index in [1.807, 2.05) is 12.4 Å². The van der Waals surface area contributed by atoms with E-state index in [0.717, 1.165) is 37.5 Å². The largest absolute Gasteiger partial charge is 0.465 e. The molecule has 114 valence electrons. The molecule has 2 aromatic heterocycles. The van der Waals surface area contributed by atoms with Crippen LogP contribution in [-0.2, 0) is 26.4 Å². The van der Waals surface area contributed by atoms with Crippen LogP contribution in [-0.4, -0.2) is 27.5 Å². The summed E-state index contributed by atoms with van der Waals surface area (Å²) in [6.45, 7) is 5.40. The molecule has 0 aromatic carbocycles. The number of furan rings is 1. The van der Waals surface area contributed by atoms with Gasteiger partial charge in [-0.25, -0.2) is 4.98 Å². The van der Waals surface area contributed by atoms with Crippen molar-refractivity contribution in [3.8, 4) is 0 Å². The molecule has 0 N–H and O–H groups in total. The minimum atomic E-state index is 0.709. The summed E-state index contributed by atoms with van der Waals surface area (Å²) in [6.07, 6.45) is 8.56. The van der Waals surface area contributed by atoms with Crippen molar-refractivity contribution in [1.29, 1.82) is 0 Å². The quantitative estimate of drug-likeness (QED) is 0.847. The molecule has 0 saturated carbocycles. The maximum absolute atomic E-state index is 5.84. The van der Waals surface area contributed by atoms with Crippen LogP contribution < -0.4 is 0 Å². The Balaban J connectivity index is 1.56. The Morgan fingerprint density at radius 2 is 2.19 bits per heavy atom. The lowest BCUT2D eigenvalue weighted by molar-refractivity contribution is 0.154. The average Bonchev–Trinajstić information content (AvgIpc) is 3.09. The second kappa shape index (κ2) is 6.48. The van der Waals surface area contributed by atoms with Crippen molar-refractivity contribution in [3.63, 3.8) is 0 Å². The first-order chi connectivity index (χ1) is 10.2. The van der Waals surface area contributed by atoms with Crippen LogP contribution in [0.15, 0.2) is 28.9 Å². The second-order valence-corrected chi connectivity index (χ2v) is 6.12. The summed E-state index contributed by atoms with van der Waals surface area (Å²) in [5, 5.41) is 0. The van der Waals surface area contributed by atoms with Gasteiger partial charge in [0.25, 0.3) is 0 Å². The van der Waals surface area contributed by atoms with Crippen molar-refractivity contribution >= 4 is 0 Å². The molecule has 1 aliphatic rings. The van der Waals surface area contributed by atoms with Gasteiger partial charge in [0, 0.05) is 38.8 Å². The van der Waals surface area contributed by atoms with Gasteiger partial charge in [0.2, 0.25) is 0 Å². The summed E-state index contributed by atoms with van der Waals surface area (Å²) in [5.41, 5.74) is 0. The fraction of sp³-hybridized carbons (Fsp3) is 0.588. The third-order valence-electron chi connectivity index (χ3n) is 4.44. The van der Waals surface area contributed by atoms with Gasteiger partial charge in [0.1, 0.15) is 17.3 Å². The molecule has 1 atom stereocenters. The molecular formula is C17H25N3O. The van der Waals surface area contributed by atoms with Crippen LogP contribution in [0.25, 0.3) is 0 Å². The molecule has 2 aromatic rings. The Morgan fingerprint density at radius 1 is 1.33 bits per heavy atom. The highest BCUT2D eigenvalue weighted by atomic mass is 16.3. The van der Waals surface area contributed by atoms with Crippen molar-refractivity contribution in [3.05, 3.63) is 41.9 Å². The third-order valence-corrected chi connectivity index (χ3v) is 4.44. The number of imidazole rings is 1. The van der Waals surface area contributed by atoms with Gasteiger partial charge in [-0.15, -0.1) is 0 Å². The van der Waals surface area contributed by atoms with Gasteiger partial charge in [0.15, 0.2) is 0 Å². The van der Waals surface area contributed by atoms with Crippen molar-refractivity contribution < 1.29 is 4.42 Å². The van der Waals surface area contributed by atoms with Crippen LogP contribution in [0.4, 0.5) is 0 Å². The molecule has 0 radical (unpaired) electrons. The zero-order chi connectivity index (χ0) is 14.7. The molecule has 0 amide bonds. The number of rotatable bonds is 5. The highest BCUT2D eigenvalue weighted by Gasteiger charge is 2.22. The van der Waals surface area contributed by atoms with E-state index in [9.17, 15) is 0 Å². The second-order valence-electron chi connectivity index (χ2n) is 6.12. The molecule has 1 saturated heterocycles. The maximum atomic E-state index is 5.84. The van der Waals surface area contributed by atoms with Crippen LogP contribution in [0.5, 0.6) is 0 Å². The van der Waals surface area contributed by atoms with Gasteiger partial charge in [-0.05, 0) is 37.4 Å². The zero-order valence-corrected chi connectivity index (χ0v) is 13.1. The Kier molecular flexibility index (Phi) is 4.44. The minimum absolute atomic E-state index is 0.709. The van der Waals surface area contributed by atoms with Crippen LogP contribution in [0.2, 0.25) is 0 Å². The summed E-state index contributed by atoms with van der Waals surface area (Å²) in [5.74, 6) is 4.10. The van der Waals surface area contributed by atoms with Crippen LogP contribution in [0.3, 0.4) is 0 Å². The highest BCUT2D eigenvalue weighted by molar-refractivity contribution is 5.07. The lowest BCUT2D eigenvalue weighted by Gasteiger charge is -2.32. The first kappa shape index (κ1) is 14.4. The molecule has 1 fully saturated rings. The van der Waals surface area contributed by atoms with E-state index < -0.39 is 0 Å². The first-order valence-electron chi connectivity index (χ1n) is 8.00. The smallest absolute Gasteiger partial charge is 0.118 e. The lowest BCUT2D eigenvalue weighted by Crippen LogP contribution is -2.36. The van der Waals surface area contributed by atoms with Crippen LogP contribution in [0.1, 0.15) is 37.1 Å². The van der Waals surface area contributed by atoms with Crippen LogP contribution in [0, 0.1) is 5.92 Å². The fourth-order valence-corrected chi connectivity index (χ4v) is 3.23. The molecule has 0 bridgehead atoms. The SMILES string of the molecule is CCc1ccc(CN2CCC[C@H](Cc3nccn3C)C2)o1. The minimum Gasteiger partial charge on any atom is -0.465 e. The number of aromatic nitrogens is 2. The van der Waals surface area contributed by atoms with Crippen molar-refractivity contribution in [2.24, 2.45) is 13.0 Å². The maximum Gasteiger partial charge on any atom is 0.118 e. The van der Waals surface area contributed by atoms with Gasteiger partial charge in [-0.1, -0.05) is 6.92 Å². The topological polar surface area (TPSA) is 34.2 Å². The monoisotopic (exact) mass is 287 g/mol. The predicted octanol–water partition coefficient (Wildman–Crippen LogP) is 3.03. The summed E-state index contributed by atoms with van der Waals surface area (Å²) in [4.78, 5) is 6.98. The number of likely N-dealkylation sites (tertiary alicyclic amines) is 1.